The highest BCUT2D eigenvalue weighted by Gasteiger charge is 1.99. The lowest BCUT2D eigenvalue weighted by Crippen LogP contribution is -2.21. The van der Waals surface area contributed by atoms with Crippen molar-refractivity contribution >= 4 is 12.4 Å². The molecule has 2 aromatic carbocycles. The molecule has 0 unspecified atom stereocenters. The number of hydrogen-bond acceptors (Lipinski definition) is 2. The van der Waals surface area contributed by atoms with Crippen molar-refractivity contribution in [2.45, 2.75) is 33.0 Å². The van der Waals surface area contributed by atoms with E-state index in [9.17, 15) is 0 Å². The Morgan fingerprint density at radius 1 is 0.950 bits per heavy atom. The average Bonchev–Trinajstić information content (AvgIpc) is 2.44. The molecule has 0 spiro atoms. The first-order chi connectivity index (χ1) is 9.24. The smallest absolute Gasteiger partial charge is 0.120 e. The molecule has 0 aliphatic rings. The topological polar surface area (TPSA) is 21.3 Å². The molecule has 3 heteroatoms. The molecule has 0 saturated heterocycles. The minimum Gasteiger partial charge on any atom is -0.489 e. The van der Waals surface area contributed by atoms with Crippen molar-refractivity contribution in [1.29, 1.82) is 0 Å². The van der Waals surface area contributed by atoms with Gasteiger partial charge in [0.05, 0.1) is 0 Å². The molecule has 0 heterocycles. The van der Waals surface area contributed by atoms with Gasteiger partial charge in [-0.1, -0.05) is 56.3 Å². The minimum absolute atomic E-state index is 0. The third-order valence-electron chi connectivity index (χ3n) is 2.86. The molecule has 0 aliphatic carbocycles. The van der Waals surface area contributed by atoms with E-state index < -0.39 is 0 Å². The predicted octanol–water partition coefficient (Wildman–Crippen LogP) is 4.19. The molecule has 0 amide bonds. The molecule has 2 aromatic rings. The molecule has 0 bridgehead atoms. The highest BCUT2D eigenvalue weighted by molar-refractivity contribution is 5.85. The van der Waals surface area contributed by atoms with Crippen molar-refractivity contribution < 1.29 is 4.74 Å². The second-order valence-electron chi connectivity index (χ2n) is 4.96. The molecule has 0 atom stereocenters. The van der Waals surface area contributed by atoms with E-state index in [0.717, 1.165) is 12.3 Å². The first kappa shape index (κ1) is 16.5. The maximum atomic E-state index is 5.81. The Hall–Kier alpha value is -1.51. The molecular weight excluding hydrogens is 270 g/mol. The molecule has 2 rings (SSSR count). The number of ether oxygens (including phenoxy) is 1. The normalized spacial score (nSPS) is 10.2. The molecule has 0 aromatic heterocycles. The van der Waals surface area contributed by atoms with Gasteiger partial charge in [-0.3, -0.25) is 0 Å². The van der Waals surface area contributed by atoms with E-state index in [2.05, 4.69) is 43.4 Å². The van der Waals surface area contributed by atoms with Crippen molar-refractivity contribution in [3.05, 3.63) is 65.7 Å². The maximum absolute atomic E-state index is 5.81. The zero-order chi connectivity index (χ0) is 13.5. The van der Waals surface area contributed by atoms with E-state index >= 15 is 0 Å². The summed E-state index contributed by atoms with van der Waals surface area (Å²) >= 11 is 0. The Balaban J connectivity index is 0.00000200. The fraction of sp³-hybridized carbons (Fsp3) is 0.294. The van der Waals surface area contributed by atoms with Gasteiger partial charge in [-0.2, -0.15) is 0 Å². The van der Waals surface area contributed by atoms with Crippen molar-refractivity contribution in [3.63, 3.8) is 0 Å². The van der Waals surface area contributed by atoms with Gasteiger partial charge in [0.15, 0.2) is 0 Å². The molecule has 1 N–H and O–H groups in total. The number of halogens is 1. The lowest BCUT2D eigenvalue weighted by molar-refractivity contribution is 0.306. The van der Waals surface area contributed by atoms with Gasteiger partial charge in [-0.15, -0.1) is 12.4 Å². The van der Waals surface area contributed by atoms with Crippen LogP contribution in [0.3, 0.4) is 0 Å². The molecular formula is C17H22ClNO. The van der Waals surface area contributed by atoms with Crippen molar-refractivity contribution in [1.82, 2.24) is 5.32 Å². The minimum atomic E-state index is 0. The zero-order valence-electron chi connectivity index (χ0n) is 12.0. The summed E-state index contributed by atoms with van der Waals surface area (Å²) < 4.78 is 5.81. The predicted molar refractivity (Wildman–Crippen MR) is 86.4 cm³/mol. The Bertz CT molecular complexity index is 499. The van der Waals surface area contributed by atoms with Crippen LogP contribution >= 0.6 is 12.4 Å². The van der Waals surface area contributed by atoms with Gasteiger partial charge in [0.2, 0.25) is 0 Å². The molecule has 108 valence electrons. The zero-order valence-corrected chi connectivity index (χ0v) is 12.8. The molecule has 20 heavy (non-hydrogen) atoms. The monoisotopic (exact) mass is 291 g/mol. The lowest BCUT2D eigenvalue weighted by atomic mass is 10.2. The summed E-state index contributed by atoms with van der Waals surface area (Å²) in [4.78, 5) is 0. The van der Waals surface area contributed by atoms with Crippen LogP contribution < -0.4 is 10.1 Å². The number of nitrogens with one attached hydrogen (secondary N) is 1. The summed E-state index contributed by atoms with van der Waals surface area (Å²) in [6, 6.07) is 19.0. The van der Waals surface area contributed by atoms with Crippen LogP contribution in [-0.4, -0.2) is 6.04 Å². The number of benzene rings is 2. The van der Waals surface area contributed by atoms with E-state index in [1.165, 1.54) is 11.1 Å². The summed E-state index contributed by atoms with van der Waals surface area (Å²) in [5.74, 6) is 0.923. The second kappa shape index (κ2) is 8.62. The van der Waals surface area contributed by atoms with Crippen LogP contribution in [0.15, 0.2) is 54.6 Å². The van der Waals surface area contributed by atoms with Crippen molar-refractivity contribution in [3.8, 4) is 5.75 Å². The number of rotatable bonds is 6. The first-order valence-electron chi connectivity index (χ1n) is 6.73. The average molecular weight is 292 g/mol. The fourth-order valence-electron chi connectivity index (χ4n) is 1.81. The van der Waals surface area contributed by atoms with E-state index in [4.69, 9.17) is 4.74 Å². The quantitative estimate of drug-likeness (QED) is 0.862. The lowest BCUT2D eigenvalue weighted by Gasteiger charge is -2.10. The molecule has 0 saturated carbocycles. The van der Waals surface area contributed by atoms with Gasteiger partial charge in [-0.05, 0) is 23.3 Å². The fourth-order valence-corrected chi connectivity index (χ4v) is 1.81. The highest BCUT2D eigenvalue weighted by Crippen LogP contribution is 2.15. The van der Waals surface area contributed by atoms with Crippen LogP contribution in [0.5, 0.6) is 5.75 Å². The third kappa shape index (κ3) is 5.64. The third-order valence-corrected chi connectivity index (χ3v) is 2.86. The Morgan fingerprint density at radius 3 is 2.35 bits per heavy atom. The highest BCUT2D eigenvalue weighted by atomic mass is 35.5. The van der Waals surface area contributed by atoms with Crippen LogP contribution in [0.25, 0.3) is 0 Å². The largest absolute Gasteiger partial charge is 0.489 e. The first-order valence-corrected chi connectivity index (χ1v) is 6.73. The van der Waals surface area contributed by atoms with E-state index in [0.29, 0.717) is 12.6 Å². The molecule has 0 fully saturated rings. The standard InChI is InChI=1S/C17H21NO.ClH/c1-14(2)18-12-16-9-6-10-17(11-16)19-13-15-7-4-3-5-8-15;/h3-11,14,18H,12-13H2,1-2H3;1H. The van der Waals surface area contributed by atoms with Crippen LogP contribution in [0, 0.1) is 0 Å². The van der Waals surface area contributed by atoms with Crippen LogP contribution in [-0.2, 0) is 13.2 Å². The SMILES string of the molecule is CC(C)NCc1cccc(OCc2ccccc2)c1.Cl. The number of hydrogen-bond donors (Lipinski definition) is 1. The van der Waals surface area contributed by atoms with Gasteiger partial charge >= 0.3 is 0 Å². The molecule has 0 aliphatic heterocycles. The van der Waals surface area contributed by atoms with Crippen LogP contribution in [0.2, 0.25) is 0 Å². The van der Waals surface area contributed by atoms with Gasteiger partial charge in [0.1, 0.15) is 12.4 Å². The maximum Gasteiger partial charge on any atom is 0.120 e. The molecule has 2 nitrogen and oxygen atoms in total. The summed E-state index contributed by atoms with van der Waals surface area (Å²) in [5.41, 5.74) is 2.44. The summed E-state index contributed by atoms with van der Waals surface area (Å²) in [6.45, 7) is 5.79. The summed E-state index contributed by atoms with van der Waals surface area (Å²) in [5, 5.41) is 3.41. The van der Waals surface area contributed by atoms with Crippen molar-refractivity contribution in [2.24, 2.45) is 0 Å². The van der Waals surface area contributed by atoms with Crippen LogP contribution in [0.1, 0.15) is 25.0 Å². The molecule has 0 radical (unpaired) electrons. The van der Waals surface area contributed by atoms with Crippen LogP contribution in [0.4, 0.5) is 0 Å². The Labute approximate surface area is 127 Å². The van der Waals surface area contributed by atoms with Crippen molar-refractivity contribution in [2.75, 3.05) is 0 Å². The van der Waals surface area contributed by atoms with Gasteiger partial charge < -0.3 is 10.1 Å². The Kier molecular flexibility index (Phi) is 7.13. The summed E-state index contributed by atoms with van der Waals surface area (Å²) in [6.07, 6.45) is 0. The Morgan fingerprint density at radius 2 is 1.65 bits per heavy atom. The van der Waals surface area contributed by atoms with Gasteiger partial charge in [0.25, 0.3) is 0 Å². The summed E-state index contributed by atoms with van der Waals surface area (Å²) in [7, 11) is 0. The van der Waals surface area contributed by atoms with Gasteiger partial charge in [-0.25, -0.2) is 0 Å². The second-order valence-corrected chi connectivity index (χ2v) is 4.96. The van der Waals surface area contributed by atoms with Gasteiger partial charge in [0, 0.05) is 12.6 Å². The van der Waals surface area contributed by atoms with E-state index in [1.54, 1.807) is 0 Å². The van der Waals surface area contributed by atoms with E-state index in [-0.39, 0.29) is 12.4 Å². The van der Waals surface area contributed by atoms with E-state index in [1.807, 2.05) is 30.3 Å².